The van der Waals surface area contributed by atoms with Crippen LogP contribution in [0.2, 0.25) is 0 Å². The Morgan fingerprint density at radius 2 is 1.54 bits per heavy atom. The molecule has 0 bridgehead atoms. The minimum Gasteiger partial charge on any atom is -0.352 e. The maximum Gasteiger partial charge on any atom is 0.243 e. The molecule has 144 valence electrons. The zero-order chi connectivity index (χ0) is 19.4. The van der Waals surface area contributed by atoms with Crippen molar-refractivity contribution >= 4 is 27.3 Å². The summed E-state index contributed by atoms with van der Waals surface area (Å²) < 4.78 is 27.0. The van der Waals surface area contributed by atoms with Gasteiger partial charge >= 0.3 is 0 Å². The summed E-state index contributed by atoms with van der Waals surface area (Å²) in [7, 11) is -3.45. The zero-order valence-electron chi connectivity index (χ0n) is 15.1. The molecule has 3 heterocycles. The largest absolute Gasteiger partial charge is 0.352 e. The van der Waals surface area contributed by atoms with Crippen LogP contribution in [0.25, 0.3) is 0 Å². The van der Waals surface area contributed by atoms with E-state index in [0.29, 0.717) is 36.9 Å². The highest BCUT2D eigenvalue weighted by Crippen LogP contribution is 2.20. The van der Waals surface area contributed by atoms with Gasteiger partial charge in [0.05, 0.1) is 4.90 Å². The predicted octanol–water partition coefficient (Wildman–Crippen LogP) is 2.13. The third-order valence-electron chi connectivity index (χ3n) is 4.55. The molecule has 1 fully saturated rings. The van der Waals surface area contributed by atoms with Crippen LogP contribution in [0.4, 0.5) is 17.3 Å². The summed E-state index contributed by atoms with van der Waals surface area (Å²) >= 11 is 0. The zero-order valence-corrected chi connectivity index (χ0v) is 16.0. The Bertz CT molecular complexity index is 1010. The number of aromatic nitrogens is 3. The molecular weight excluding hydrogens is 376 g/mol. The monoisotopic (exact) mass is 396 g/mol. The summed E-state index contributed by atoms with van der Waals surface area (Å²) in [5.41, 5.74) is 0.886. The van der Waals surface area contributed by atoms with Crippen LogP contribution in [0.1, 0.15) is 0 Å². The molecule has 1 aliphatic rings. The number of benzene rings is 1. The molecule has 2 aromatic heterocycles. The molecule has 0 spiro atoms. The number of sulfonamides is 1. The fraction of sp³-hybridized carbons (Fsp3) is 0.211. The second-order valence-corrected chi connectivity index (χ2v) is 8.28. The van der Waals surface area contributed by atoms with E-state index in [0.717, 1.165) is 11.5 Å². The number of nitrogens with zero attached hydrogens (tertiary/aromatic N) is 5. The fourth-order valence-electron chi connectivity index (χ4n) is 3.04. The molecule has 3 aromatic rings. The Morgan fingerprint density at radius 3 is 2.18 bits per heavy atom. The SMILES string of the molecule is O=S(=O)(c1ccccc1)N1CCN(c2ccc(Nc3ccncc3)nn2)CC1. The third-order valence-corrected chi connectivity index (χ3v) is 6.46. The molecule has 28 heavy (non-hydrogen) atoms. The van der Waals surface area contributed by atoms with E-state index in [2.05, 4.69) is 20.5 Å². The lowest BCUT2D eigenvalue weighted by molar-refractivity contribution is 0.383. The van der Waals surface area contributed by atoms with Gasteiger partial charge in [0.2, 0.25) is 10.0 Å². The normalized spacial score (nSPS) is 15.4. The van der Waals surface area contributed by atoms with Gasteiger partial charge in [-0.15, -0.1) is 10.2 Å². The minimum atomic E-state index is -3.45. The van der Waals surface area contributed by atoms with Crippen molar-refractivity contribution in [1.82, 2.24) is 19.5 Å². The molecule has 0 atom stereocenters. The summed E-state index contributed by atoms with van der Waals surface area (Å²) in [4.78, 5) is 6.35. The van der Waals surface area contributed by atoms with Crippen molar-refractivity contribution in [3.63, 3.8) is 0 Å². The fourth-order valence-corrected chi connectivity index (χ4v) is 4.49. The van der Waals surface area contributed by atoms with Gasteiger partial charge in [-0.2, -0.15) is 4.31 Å². The predicted molar refractivity (Wildman–Crippen MR) is 107 cm³/mol. The highest BCUT2D eigenvalue weighted by Gasteiger charge is 2.28. The van der Waals surface area contributed by atoms with Crippen molar-refractivity contribution in [2.45, 2.75) is 4.90 Å². The molecule has 0 saturated carbocycles. The molecule has 1 saturated heterocycles. The van der Waals surface area contributed by atoms with Gasteiger partial charge in [-0.25, -0.2) is 8.42 Å². The average molecular weight is 396 g/mol. The van der Waals surface area contributed by atoms with Crippen molar-refractivity contribution < 1.29 is 8.42 Å². The van der Waals surface area contributed by atoms with Crippen molar-refractivity contribution in [2.75, 3.05) is 36.4 Å². The molecular formula is C19H20N6O2S. The first-order valence-corrected chi connectivity index (χ1v) is 10.4. The number of nitrogens with one attached hydrogen (secondary N) is 1. The van der Waals surface area contributed by atoms with Crippen LogP contribution in [0.3, 0.4) is 0 Å². The van der Waals surface area contributed by atoms with Gasteiger partial charge in [-0.3, -0.25) is 4.98 Å². The van der Waals surface area contributed by atoms with Crippen molar-refractivity contribution in [1.29, 1.82) is 0 Å². The van der Waals surface area contributed by atoms with E-state index >= 15 is 0 Å². The average Bonchev–Trinajstić information content (AvgIpc) is 2.76. The molecule has 0 radical (unpaired) electrons. The topological polar surface area (TPSA) is 91.3 Å². The van der Waals surface area contributed by atoms with E-state index < -0.39 is 10.0 Å². The second kappa shape index (κ2) is 7.91. The Morgan fingerprint density at radius 1 is 0.821 bits per heavy atom. The van der Waals surface area contributed by atoms with E-state index in [9.17, 15) is 8.42 Å². The van der Waals surface area contributed by atoms with Gasteiger partial charge in [0.25, 0.3) is 0 Å². The first-order valence-electron chi connectivity index (χ1n) is 8.94. The van der Waals surface area contributed by atoms with Crippen molar-refractivity contribution in [2.24, 2.45) is 0 Å². The quantitative estimate of drug-likeness (QED) is 0.706. The first-order chi connectivity index (χ1) is 13.6. The third kappa shape index (κ3) is 3.95. The molecule has 1 aliphatic heterocycles. The molecule has 1 N–H and O–H groups in total. The highest BCUT2D eigenvalue weighted by molar-refractivity contribution is 7.89. The molecule has 0 amide bonds. The molecule has 1 aromatic carbocycles. The summed E-state index contributed by atoms with van der Waals surface area (Å²) in [6.07, 6.45) is 3.40. The number of rotatable bonds is 5. The number of hydrogen-bond acceptors (Lipinski definition) is 7. The van der Waals surface area contributed by atoms with Gasteiger partial charge in [-0.05, 0) is 36.4 Å². The van der Waals surface area contributed by atoms with E-state index in [1.165, 1.54) is 4.31 Å². The second-order valence-electron chi connectivity index (χ2n) is 6.34. The van der Waals surface area contributed by atoms with Crippen LogP contribution in [0.15, 0.2) is 71.9 Å². The molecule has 0 aliphatic carbocycles. The Balaban J connectivity index is 1.39. The highest BCUT2D eigenvalue weighted by atomic mass is 32.2. The maximum absolute atomic E-state index is 12.7. The maximum atomic E-state index is 12.7. The molecule has 8 nitrogen and oxygen atoms in total. The van der Waals surface area contributed by atoms with Crippen molar-refractivity contribution in [3.8, 4) is 0 Å². The van der Waals surface area contributed by atoms with E-state index in [1.54, 1.807) is 36.7 Å². The Labute approximate surface area is 163 Å². The first kappa shape index (κ1) is 18.3. The lowest BCUT2D eigenvalue weighted by Gasteiger charge is -2.34. The summed E-state index contributed by atoms with van der Waals surface area (Å²) in [6.45, 7) is 1.96. The smallest absolute Gasteiger partial charge is 0.243 e. The number of piperazine rings is 1. The lowest BCUT2D eigenvalue weighted by atomic mass is 10.3. The summed E-state index contributed by atoms with van der Waals surface area (Å²) in [6, 6.07) is 16.0. The molecule has 9 heteroatoms. The van der Waals surface area contributed by atoms with Crippen LogP contribution in [-0.4, -0.2) is 54.1 Å². The number of anilines is 3. The number of pyridine rings is 1. The Kier molecular flexibility index (Phi) is 5.18. The van der Waals surface area contributed by atoms with E-state index in [1.807, 2.05) is 35.2 Å². The van der Waals surface area contributed by atoms with Gasteiger partial charge in [0.15, 0.2) is 11.6 Å². The Hall–Kier alpha value is -3.04. The van der Waals surface area contributed by atoms with Gasteiger partial charge in [0.1, 0.15) is 0 Å². The summed E-state index contributed by atoms with van der Waals surface area (Å²) in [5, 5.41) is 11.6. The van der Waals surface area contributed by atoms with Crippen LogP contribution in [0, 0.1) is 0 Å². The van der Waals surface area contributed by atoms with E-state index in [4.69, 9.17) is 0 Å². The van der Waals surface area contributed by atoms with Gasteiger partial charge in [-0.1, -0.05) is 18.2 Å². The van der Waals surface area contributed by atoms with Crippen LogP contribution >= 0.6 is 0 Å². The number of hydrogen-bond donors (Lipinski definition) is 1. The van der Waals surface area contributed by atoms with Crippen LogP contribution in [-0.2, 0) is 10.0 Å². The van der Waals surface area contributed by atoms with Crippen LogP contribution in [0.5, 0.6) is 0 Å². The molecule has 0 unspecified atom stereocenters. The lowest BCUT2D eigenvalue weighted by Crippen LogP contribution is -2.48. The molecule has 4 rings (SSSR count). The minimum absolute atomic E-state index is 0.329. The van der Waals surface area contributed by atoms with E-state index in [-0.39, 0.29) is 0 Å². The summed E-state index contributed by atoms with van der Waals surface area (Å²) in [5.74, 6) is 1.37. The van der Waals surface area contributed by atoms with Crippen LogP contribution < -0.4 is 10.2 Å². The van der Waals surface area contributed by atoms with Crippen molar-refractivity contribution in [3.05, 3.63) is 67.0 Å². The van der Waals surface area contributed by atoms with Gasteiger partial charge in [0, 0.05) is 44.3 Å². The van der Waals surface area contributed by atoms with Gasteiger partial charge < -0.3 is 10.2 Å². The standard InChI is InChI=1S/C19H20N6O2S/c26-28(27,17-4-2-1-3-5-17)25-14-12-24(13-15-25)19-7-6-18(22-23-19)21-16-8-10-20-11-9-16/h1-11H,12-15H2,(H,20,21,22).